The predicted octanol–water partition coefficient (Wildman–Crippen LogP) is 4.88. The number of hydrogen-bond acceptors (Lipinski definition) is 4. The van der Waals surface area contributed by atoms with E-state index in [0.29, 0.717) is 5.82 Å². The van der Waals surface area contributed by atoms with Gasteiger partial charge < -0.3 is 10.6 Å². The average molecular weight is 396 g/mol. The fourth-order valence-corrected chi connectivity index (χ4v) is 3.25. The van der Waals surface area contributed by atoms with Gasteiger partial charge in [-0.3, -0.25) is 9.59 Å². The van der Waals surface area contributed by atoms with Crippen LogP contribution in [-0.2, 0) is 9.59 Å². The summed E-state index contributed by atoms with van der Waals surface area (Å²) in [5, 5.41) is 6.48. The maximum absolute atomic E-state index is 11.3. The van der Waals surface area contributed by atoms with Crippen molar-refractivity contribution in [2.24, 2.45) is 0 Å². The monoisotopic (exact) mass is 396 g/mol. The zero-order valence-electron chi connectivity index (χ0n) is 16.6. The van der Waals surface area contributed by atoms with Gasteiger partial charge in [0.1, 0.15) is 0 Å². The molecule has 6 heteroatoms. The zero-order chi connectivity index (χ0) is 21.1. The second-order valence-corrected chi connectivity index (χ2v) is 6.93. The standard InChI is InChI=1S/C24H20N4O2/c1-15(29)25-19-11-7-17(8-12-19)23-21-5-3-4-6-22(21)27-24(28-23)18-9-13-20(14-10-18)26-16(2)30/h3-14H,1-2H3,(H,25,29)(H,26,30). The number of amides is 2. The van der Waals surface area contributed by atoms with Crippen molar-refractivity contribution in [3.8, 4) is 22.6 Å². The van der Waals surface area contributed by atoms with Crippen molar-refractivity contribution < 1.29 is 9.59 Å². The maximum Gasteiger partial charge on any atom is 0.221 e. The van der Waals surface area contributed by atoms with Gasteiger partial charge in [0.25, 0.3) is 0 Å². The Balaban J connectivity index is 1.78. The van der Waals surface area contributed by atoms with Crippen LogP contribution < -0.4 is 10.6 Å². The molecule has 1 heterocycles. The van der Waals surface area contributed by atoms with Crippen molar-refractivity contribution in [2.45, 2.75) is 13.8 Å². The summed E-state index contributed by atoms with van der Waals surface area (Å²) in [6, 6.07) is 22.9. The Kier molecular flexibility index (Phi) is 5.22. The van der Waals surface area contributed by atoms with Crippen LogP contribution in [0.25, 0.3) is 33.5 Å². The number of hydrogen-bond donors (Lipinski definition) is 2. The van der Waals surface area contributed by atoms with Gasteiger partial charge in [0.05, 0.1) is 11.2 Å². The first kappa shape index (κ1) is 19.3. The third-order valence-electron chi connectivity index (χ3n) is 4.55. The summed E-state index contributed by atoms with van der Waals surface area (Å²) in [4.78, 5) is 32.1. The van der Waals surface area contributed by atoms with E-state index in [-0.39, 0.29) is 11.8 Å². The van der Waals surface area contributed by atoms with E-state index in [1.807, 2.05) is 72.8 Å². The molecule has 0 aliphatic heterocycles. The Labute approximate surface area is 174 Å². The van der Waals surface area contributed by atoms with Gasteiger partial charge in [-0.1, -0.05) is 30.3 Å². The molecule has 30 heavy (non-hydrogen) atoms. The summed E-state index contributed by atoms with van der Waals surface area (Å²) < 4.78 is 0. The quantitative estimate of drug-likeness (QED) is 0.515. The summed E-state index contributed by atoms with van der Waals surface area (Å²) in [6.07, 6.45) is 0. The minimum atomic E-state index is -0.116. The molecule has 4 rings (SSSR count). The number of carbonyl (C=O) groups is 2. The third kappa shape index (κ3) is 4.17. The van der Waals surface area contributed by atoms with E-state index in [1.165, 1.54) is 13.8 Å². The Morgan fingerprint density at radius 2 is 1.20 bits per heavy atom. The molecular weight excluding hydrogens is 376 g/mol. The van der Waals surface area contributed by atoms with Crippen molar-refractivity contribution in [3.05, 3.63) is 72.8 Å². The van der Waals surface area contributed by atoms with Crippen molar-refractivity contribution in [1.29, 1.82) is 0 Å². The topological polar surface area (TPSA) is 84.0 Å². The van der Waals surface area contributed by atoms with E-state index in [1.54, 1.807) is 0 Å². The van der Waals surface area contributed by atoms with Crippen LogP contribution in [0.2, 0.25) is 0 Å². The number of aromatic nitrogens is 2. The van der Waals surface area contributed by atoms with Crippen LogP contribution in [0.5, 0.6) is 0 Å². The Morgan fingerprint density at radius 3 is 1.77 bits per heavy atom. The number of benzene rings is 3. The highest BCUT2D eigenvalue weighted by Gasteiger charge is 2.11. The summed E-state index contributed by atoms with van der Waals surface area (Å²) in [5.74, 6) is 0.374. The van der Waals surface area contributed by atoms with Gasteiger partial charge in [0.15, 0.2) is 5.82 Å². The average Bonchev–Trinajstić information content (AvgIpc) is 2.73. The zero-order valence-corrected chi connectivity index (χ0v) is 16.6. The molecule has 0 unspecified atom stereocenters. The molecule has 3 aromatic carbocycles. The number of anilines is 2. The predicted molar refractivity (Wildman–Crippen MR) is 119 cm³/mol. The molecule has 1 aromatic heterocycles. The van der Waals surface area contributed by atoms with Crippen LogP contribution in [0.1, 0.15) is 13.8 Å². The number of nitrogens with one attached hydrogen (secondary N) is 2. The lowest BCUT2D eigenvalue weighted by Gasteiger charge is -2.10. The van der Waals surface area contributed by atoms with Crippen LogP contribution in [0.4, 0.5) is 11.4 Å². The first-order valence-electron chi connectivity index (χ1n) is 9.52. The third-order valence-corrected chi connectivity index (χ3v) is 4.55. The highest BCUT2D eigenvalue weighted by Crippen LogP contribution is 2.30. The van der Waals surface area contributed by atoms with Crippen LogP contribution in [-0.4, -0.2) is 21.8 Å². The Bertz CT molecular complexity index is 1230. The van der Waals surface area contributed by atoms with Gasteiger partial charge in [-0.15, -0.1) is 0 Å². The molecule has 0 fully saturated rings. The fraction of sp³-hybridized carbons (Fsp3) is 0.0833. The summed E-state index contributed by atoms with van der Waals surface area (Å²) in [5.41, 5.74) is 4.90. The van der Waals surface area contributed by atoms with Crippen molar-refractivity contribution in [2.75, 3.05) is 10.6 Å². The minimum Gasteiger partial charge on any atom is -0.326 e. The molecule has 0 radical (unpaired) electrons. The second-order valence-electron chi connectivity index (χ2n) is 6.93. The molecule has 0 saturated carbocycles. The number of fused-ring (bicyclic) bond motifs is 1. The first-order chi connectivity index (χ1) is 14.5. The van der Waals surface area contributed by atoms with E-state index in [9.17, 15) is 9.59 Å². The van der Waals surface area contributed by atoms with Crippen molar-refractivity contribution >= 4 is 34.1 Å². The second kappa shape index (κ2) is 8.13. The van der Waals surface area contributed by atoms with Gasteiger partial charge in [-0.2, -0.15) is 0 Å². The smallest absolute Gasteiger partial charge is 0.221 e. The molecular formula is C24H20N4O2. The van der Waals surface area contributed by atoms with E-state index in [4.69, 9.17) is 9.97 Å². The molecule has 0 bridgehead atoms. The van der Waals surface area contributed by atoms with Gasteiger partial charge in [0, 0.05) is 41.7 Å². The number of para-hydroxylation sites is 1. The molecule has 6 nitrogen and oxygen atoms in total. The number of rotatable bonds is 4. The van der Waals surface area contributed by atoms with Gasteiger partial charge in [-0.25, -0.2) is 9.97 Å². The van der Waals surface area contributed by atoms with Gasteiger partial charge in [0.2, 0.25) is 11.8 Å². The highest BCUT2D eigenvalue weighted by atomic mass is 16.2. The molecule has 0 spiro atoms. The SMILES string of the molecule is CC(=O)Nc1ccc(-c2nc(-c3ccc(NC(C)=O)cc3)c3ccccc3n2)cc1. The highest BCUT2D eigenvalue weighted by molar-refractivity contribution is 5.94. The van der Waals surface area contributed by atoms with Crippen molar-refractivity contribution in [1.82, 2.24) is 9.97 Å². The molecule has 2 N–H and O–H groups in total. The van der Waals surface area contributed by atoms with E-state index < -0.39 is 0 Å². The van der Waals surface area contributed by atoms with Crippen LogP contribution >= 0.6 is 0 Å². The lowest BCUT2D eigenvalue weighted by Crippen LogP contribution is -2.05. The normalized spacial score (nSPS) is 10.6. The van der Waals surface area contributed by atoms with Gasteiger partial charge in [-0.05, 0) is 42.5 Å². The largest absolute Gasteiger partial charge is 0.326 e. The molecule has 0 atom stereocenters. The molecule has 4 aromatic rings. The van der Waals surface area contributed by atoms with Crippen LogP contribution in [0.3, 0.4) is 0 Å². The molecule has 0 aliphatic carbocycles. The van der Waals surface area contributed by atoms with Crippen molar-refractivity contribution in [3.63, 3.8) is 0 Å². The number of nitrogens with zero attached hydrogens (tertiary/aromatic N) is 2. The molecule has 148 valence electrons. The van der Waals surface area contributed by atoms with E-state index in [2.05, 4.69) is 10.6 Å². The molecule has 0 aliphatic rings. The fourth-order valence-electron chi connectivity index (χ4n) is 3.25. The Hall–Kier alpha value is -4.06. The molecule has 0 saturated heterocycles. The maximum atomic E-state index is 11.3. The summed E-state index contributed by atoms with van der Waals surface area (Å²) >= 11 is 0. The summed E-state index contributed by atoms with van der Waals surface area (Å²) in [7, 11) is 0. The Morgan fingerprint density at radius 1 is 0.667 bits per heavy atom. The van der Waals surface area contributed by atoms with Crippen LogP contribution in [0.15, 0.2) is 72.8 Å². The van der Waals surface area contributed by atoms with E-state index >= 15 is 0 Å². The minimum absolute atomic E-state index is 0.111. The summed E-state index contributed by atoms with van der Waals surface area (Å²) in [6.45, 7) is 2.96. The van der Waals surface area contributed by atoms with Gasteiger partial charge >= 0.3 is 0 Å². The number of carbonyl (C=O) groups excluding carboxylic acids is 2. The first-order valence-corrected chi connectivity index (χ1v) is 9.52. The van der Waals surface area contributed by atoms with E-state index in [0.717, 1.165) is 39.1 Å². The lowest BCUT2D eigenvalue weighted by atomic mass is 10.0. The molecule has 2 amide bonds. The lowest BCUT2D eigenvalue weighted by molar-refractivity contribution is -0.115. The van der Waals surface area contributed by atoms with Crippen LogP contribution in [0, 0.1) is 0 Å².